The van der Waals surface area contributed by atoms with Crippen LogP contribution in [0.15, 0.2) is 42.7 Å². The number of rotatable bonds is 2. The topological polar surface area (TPSA) is 33.1 Å². The molecule has 1 N–H and O–H groups in total. The molecular formula is C13H13NO. The first-order valence-electron chi connectivity index (χ1n) is 4.93. The minimum atomic E-state index is 0.355. The van der Waals surface area contributed by atoms with Crippen LogP contribution in [0.1, 0.15) is 16.7 Å². The minimum absolute atomic E-state index is 0.355. The van der Waals surface area contributed by atoms with Crippen LogP contribution in [0.25, 0.3) is 0 Å². The summed E-state index contributed by atoms with van der Waals surface area (Å²) in [5.41, 5.74) is 3.35. The molecule has 1 heterocycles. The van der Waals surface area contributed by atoms with Crippen LogP contribution in [0.2, 0.25) is 0 Å². The number of hydrogen-bond donors (Lipinski definition) is 1. The Morgan fingerprint density at radius 2 is 1.80 bits per heavy atom. The summed E-state index contributed by atoms with van der Waals surface area (Å²) >= 11 is 0. The van der Waals surface area contributed by atoms with Crippen molar-refractivity contribution in [2.45, 2.75) is 13.3 Å². The van der Waals surface area contributed by atoms with E-state index in [2.05, 4.69) is 4.98 Å². The summed E-state index contributed by atoms with van der Waals surface area (Å²) in [6.07, 6.45) is 4.47. The first-order chi connectivity index (χ1) is 7.25. The second-order valence-corrected chi connectivity index (χ2v) is 3.65. The highest BCUT2D eigenvalue weighted by atomic mass is 16.3. The molecule has 2 heteroatoms. The Bertz CT molecular complexity index is 451. The molecule has 0 amide bonds. The number of aromatic hydroxyl groups is 1. The molecule has 0 saturated heterocycles. The molecule has 2 aromatic rings. The molecule has 2 nitrogen and oxygen atoms in total. The van der Waals surface area contributed by atoms with Gasteiger partial charge < -0.3 is 5.11 Å². The van der Waals surface area contributed by atoms with Gasteiger partial charge in [0.2, 0.25) is 0 Å². The van der Waals surface area contributed by atoms with Crippen LogP contribution in [0.5, 0.6) is 5.75 Å². The Balaban J connectivity index is 2.22. The summed E-state index contributed by atoms with van der Waals surface area (Å²) in [5.74, 6) is 0.355. The van der Waals surface area contributed by atoms with Crippen molar-refractivity contribution in [3.8, 4) is 5.75 Å². The lowest BCUT2D eigenvalue weighted by atomic mass is 10.0. The number of aryl methyl sites for hydroxylation is 1. The summed E-state index contributed by atoms with van der Waals surface area (Å²) in [4.78, 5) is 3.98. The fraction of sp³-hybridized carbons (Fsp3) is 0.154. The molecule has 0 fully saturated rings. The molecule has 1 aromatic heterocycles. The summed E-state index contributed by atoms with van der Waals surface area (Å²) in [6.45, 7) is 1.91. The zero-order chi connectivity index (χ0) is 10.7. The van der Waals surface area contributed by atoms with E-state index in [0.717, 1.165) is 12.0 Å². The highest BCUT2D eigenvalue weighted by molar-refractivity contribution is 5.36. The predicted octanol–water partition coefficient (Wildman–Crippen LogP) is 2.69. The van der Waals surface area contributed by atoms with Gasteiger partial charge in [-0.15, -0.1) is 0 Å². The van der Waals surface area contributed by atoms with E-state index in [-0.39, 0.29) is 0 Å². The molecule has 1 aromatic carbocycles. The third-order valence-electron chi connectivity index (χ3n) is 2.42. The van der Waals surface area contributed by atoms with Crippen LogP contribution < -0.4 is 0 Å². The average molecular weight is 199 g/mol. The average Bonchev–Trinajstić information content (AvgIpc) is 2.25. The van der Waals surface area contributed by atoms with Crippen LogP contribution in [0.4, 0.5) is 0 Å². The second-order valence-electron chi connectivity index (χ2n) is 3.65. The molecule has 2 rings (SSSR count). The molecule has 0 spiro atoms. The van der Waals surface area contributed by atoms with E-state index in [9.17, 15) is 5.11 Å². The molecule has 76 valence electrons. The van der Waals surface area contributed by atoms with Crippen molar-refractivity contribution >= 4 is 0 Å². The quantitative estimate of drug-likeness (QED) is 0.806. The summed E-state index contributed by atoms with van der Waals surface area (Å²) in [7, 11) is 0. The van der Waals surface area contributed by atoms with E-state index in [1.807, 2.05) is 31.2 Å². The van der Waals surface area contributed by atoms with Crippen LogP contribution in [0, 0.1) is 6.92 Å². The van der Waals surface area contributed by atoms with Crippen LogP contribution in [-0.2, 0) is 6.42 Å². The zero-order valence-electron chi connectivity index (χ0n) is 8.64. The van der Waals surface area contributed by atoms with Gasteiger partial charge in [-0.25, -0.2) is 0 Å². The third-order valence-corrected chi connectivity index (χ3v) is 2.42. The van der Waals surface area contributed by atoms with E-state index in [0.29, 0.717) is 5.75 Å². The first-order valence-corrected chi connectivity index (χ1v) is 4.93. The lowest BCUT2D eigenvalue weighted by molar-refractivity contribution is 0.471. The van der Waals surface area contributed by atoms with Gasteiger partial charge in [0, 0.05) is 12.4 Å². The number of hydrogen-bond acceptors (Lipinski definition) is 2. The molecule has 0 saturated carbocycles. The van der Waals surface area contributed by atoms with E-state index < -0.39 is 0 Å². The molecule has 0 radical (unpaired) electrons. The molecule has 0 bridgehead atoms. The van der Waals surface area contributed by atoms with E-state index in [1.165, 1.54) is 11.1 Å². The molecular weight excluding hydrogens is 186 g/mol. The van der Waals surface area contributed by atoms with Gasteiger partial charge >= 0.3 is 0 Å². The van der Waals surface area contributed by atoms with Crippen molar-refractivity contribution in [3.05, 3.63) is 59.4 Å². The van der Waals surface area contributed by atoms with Gasteiger partial charge in [0.15, 0.2) is 0 Å². The maximum absolute atomic E-state index is 9.40. The Morgan fingerprint density at radius 1 is 1.07 bits per heavy atom. The van der Waals surface area contributed by atoms with Crippen molar-refractivity contribution in [3.63, 3.8) is 0 Å². The number of phenols is 1. The van der Waals surface area contributed by atoms with Crippen molar-refractivity contribution in [1.29, 1.82) is 0 Å². The molecule has 0 aliphatic carbocycles. The Labute approximate surface area is 89.2 Å². The molecule has 0 unspecified atom stereocenters. The Kier molecular flexibility index (Phi) is 2.68. The van der Waals surface area contributed by atoms with E-state index in [4.69, 9.17) is 0 Å². The maximum Gasteiger partial charge on any atom is 0.118 e. The monoisotopic (exact) mass is 199 g/mol. The van der Waals surface area contributed by atoms with Crippen LogP contribution in [0.3, 0.4) is 0 Å². The first kappa shape index (κ1) is 9.71. The van der Waals surface area contributed by atoms with Gasteiger partial charge in [0.25, 0.3) is 0 Å². The Morgan fingerprint density at radius 3 is 2.47 bits per heavy atom. The van der Waals surface area contributed by atoms with Gasteiger partial charge in [-0.2, -0.15) is 0 Å². The lowest BCUT2D eigenvalue weighted by Crippen LogP contribution is -1.89. The van der Waals surface area contributed by atoms with Gasteiger partial charge in [-0.1, -0.05) is 12.1 Å². The van der Waals surface area contributed by atoms with Crippen molar-refractivity contribution in [1.82, 2.24) is 4.98 Å². The Hall–Kier alpha value is -1.83. The number of pyridine rings is 1. The fourth-order valence-corrected chi connectivity index (χ4v) is 1.56. The number of aromatic nitrogens is 1. The minimum Gasteiger partial charge on any atom is -0.508 e. The van der Waals surface area contributed by atoms with Gasteiger partial charge in [0.1, 0.15) is 5.75 Å². The number of nitrogens with zero attached hydrogens (tertiary/aromatic N) is 1. The maximum atomic E-state index is 9.40. The van der Waals surface area contributed by atoms with Crippen LogP contribution >= 0.6 is 0 Å². The van der Waals surface area contributed by atoms with Gasteiger partial charge in [0.05, 0.1) is 0 Å². The molecule has 0 aliphatic rings. The zero-order valence-corrected chi connectivity index (χ0v) is 8.64. The van der Waals surface area contributed by atoms with Gasteiger partial charge in [-0.3, -0.25) is 4.98 Å². The standard InChI is InChI=1S/C13H13NO/c1-10-8-12(2-3-13(10)15)9-11-4-6-14-7-5-11/h2-8,15H,9H2,1H3. The van der Waals surface area contributed by atoms with Crippen molar-refractivity contribution in [2.75, 3.05) is 0 Å². The smallest absolute Gasteiger partial charge is 0.118 e. The SMILES string of the molecule is Cc1cc(Cc2ccncc2)ccc1O. The summed E-state index contributed by atoms with van der Waals surface area (Å²) < 4.78 is 0. The third kappa shape index (κ3) is 2.34. The highest BCUT2D eigenvalue weighted by Crippen LogP contribution is 2.18. The van der Waals surface area contributed by atoms with Crippen molar-refractivity contribution in [2.24, 2.45) is 0 Å². The normalized spacial score (nSPS) is 10.2. The highest BCUT2D eigenvalue weighted by Gasteiger charge is 1.99. The van der Waals surface area contributed by atoms with Gasteiger partial charge in [-0.05, 0) is 48.2 Å². The largest absolute Gasteiger partial charge is 0.508 e. The van der Waals surface area contributed by atoms with Crippen molar-refractivity contribution < 1.29 is 5.11 Å². The van der Waals surface area contributed by atoms with Crippen LogP contribution in [-0.4, -0.2) is 10.1 Å². The number of benzene rings is 1. The summed E-state index contributed by atoms with van der Waals surface area (Å²) in [6, 6.07) is 9.70. The fourth-order valence-electron chi connectivity index (χ4n) is 1.56. The van der Waals surface area contributed by atoms with E-state index >= 15 is 0 Å². The molecule has 0 aliphatic heterocycles. The lowest BCUT2D eigenvalue weighted by Gasteiger charge is -2.04. The predicted molar refractivity (Wildman–Crippen MR) is 59.9 cm³/mol. The van der Waals surface area contributed by atoms with E-state index in [1.54, 1.807) is 18.5 Å². The second kappa shape index (κ2) is 4.13. The molecule has 0 atom stereocenters. The summed E-state index contributed by atoms with van der Waals surface area (Å²) in [5, 5.41) is 9.40. The molecule has 15 heavy (non-hydrogen) atoms. The number of phenolic OH excluding ortho intramolecular Hbond substituents is 1.